The van der Waals surface area contributed by atoms with Gasteiger partial charge < -0.3 is 14.4 Å². The highest BCUT2D eigenvalue weighted by Gasteiger charge is 2.41. The maximum absolute atomic E-state index is 11.4. The normalized spacial score (nSPS) is 32.7. The zero-order valence-electron chi connectivity index (χ0n) is 16.0. The van der Waals surface area contributed by atoms with Crippen molar-refractivity contribution in [2.75, 3.05) is 6.26 Å². The minimum Gasteiger partial charge on any atom is -0.473 e. The van der Waals surface area contributed by atoms with E-state index in [0.29, 0.717) is 18.0 Å². The van der Waals surface area contributed by atoms with Gasteiger partial charge in [0.15, 0.2) is 21.1 Å². The molecule has 0 spiro atoms. The lowest BCUT2D eigenvalue weighted by Gasteiger charge is -2.38. The predicted octanol–water partition coefficient (Wildman–Crippen LogP) is 2.06. The van der Waals surface area contributed by atoms with Crippen molar-refractivity contribution >= 4 is 9.84 Å². The maximum Gasteiger partial charge on any atom is 0.232 e. The van der Waals surface area contributed by atoms with E-state index >= 15 is 0 Å². The number of piperidine rings is 1. The molecule has 0 radical (unpaired) electrons. The van der Waals surface area contributed by atoms with Crippen molar-refractivity contribution in [1.29, 1.82) is 5.26 Å². The standard InChI is InChI=1S/C19H26N4O4S/c1-28(24,25)19-11-21-18(10-22-19)27-16-6-4-15(5-7-16)26-17-8-13-2-3-14(9-17)23(13)12-20/h10-11,13-17H,2-9H2,1H3/t13-,14+,15?,16?,17?. The van der Waals surface area contributed by atoms with E-state index in [-0.39, 0.29) is 23.3 Å². The van der Waals surface area contributed by atoms with E-state index in [1.54, 1.807) is 0 Å². The average molecular weight is 407 g/mol. The summed E-state index contributed by atoms with van der Waals surface area (Å²) in [6.07, 6.45) is 14.4. The van der Waals surface area contributed by atoms with E-state index in [4.69, 9.17) is 9.47 Å². The van der Waals surface area contributed by atoms with Crippen LogP contribution in [0.3, 0.4) is 0 Å². The number of nitrogens with zero attached hydrogens (tertiary/aromatic N) is 4. The Labute approximate surface area is 165 Å². The summed E-state index contributed by atoms with van der Waals surface area (Å²) >= 11 is 0. The molecule has 3 heterocycles. The molecule has 8 nitrogen and oxygen atoms in total. The Morgan fingerprint density at radius 3 is 2.18 bits per heavy atom. The number of nitriles is 1. The van der Waals surface area contributed by atoms with Gasteiger partial charge in [0.25, 0.3) is 0 Å². The summed E-state index contributed by atoms with van der Waals surface area (Å²) in [6.45, 7) is 0. The van der Waals surface area contributed by atoms with Crippen LogP contribution in [0.2, 0.25) is 0 Å². The second-order valence-electron chi connectivity index (χ2n) is 8.10. The molecule has 2 saturated heterocycles. The van der Waals surface area contributed by atoms with Crippen molar-refractivity contribution in [2.24, 2.45) is 0 Å². The van der Waals surface area contributed by atoms with Gasteiger partial charge in [0, 0.05) is 18.3 Å². The molecule has 1 unspecified atom stereocenters. The molecule has 4 rings (SSSR count). The van der Waals surface area contributed by atoms with Gasteiger partial charge >= 0.3 is 0 Å². The molecular formula is C19H26N4O4S. The van der Waals surface area contributed by atoms with Gasteiger partial charge in [-0.1, -0.05) is 0 Å². The van der Waals surface area contributed by atoms with Crippen molar-refractivity contribution in [2.45, 2.75) is 86.8 Å². The molecule has 3 fully saturated rings. The molecule has 28 heavy (non-hydrogen) atoms. The van der Waals surface area contributed by atoms with Crippen LogP contribution in [0.1, 0.15) is 51.4 Å². The Hall–Kier alpha value is -1.92. The van der Waals surface area contributed by atoms with Crippen LogP contribution in [0.5, 0.6) is 5.88 Å². The van der Waals surface area contributed by atoms with E-state index in [9.17, 15) is 13.7 Å². The minimum absolute atomic E-state index is 0.0478. The molecule has 1 aromatic rings. The summed E-state index contributed by atoms with van der Waals surface area (Å²) in [5, 5.41) is 9.22. The fourth-order valence-electron chi connectivity index (χ4n) is 4.69. The largest absolute Gasteiger partial charge is 0.473 e. The Morgan fingerprint density at radius 1 is 1.00 bits per heavy atom. The summed E-state index contributed by atoms with van der Waals surface area (Å²) in [5.41, 5.74) is 0. The van der Waals surface area contributed by atoms with E-state index in [1.165, 1.54) is 12.4 Å². The number of rotatable bonds is 5. The third kappa shape index (κ3) is 4.23. The molecule has 2 bridgehead atoms. The molecule has 3 aliphatic rings. The lowest BCUT2D eigenvalue weighted by atomic mass is 9.93. The number of sulfone groups is 1. The SMILES string of the molecule is CS(=O)(=O)c1cnc(OC2CCC(OC3C[C@H]4CC[C@@H](C3)N4C#N)CC2)cn1. The summed E-state index contributed by atoms with van der Waals surface area (Å²) in [5.74, 6) is 0.359. The molecule has 152 valence electrons. The first kappa shape index (κ1) is 19.4. The van der Waals surface area contributed by atoms with Gasteiger partial charge in [0.05, 0.1) is 24.6 Å². The first-order valence-corrected chi connectivity index (χ1v) is 11.8. The minimum atomic E-state index is -3.35. The van der Waals surface area contributed by atoms with E-state index in [2.05, 4.69) is 16.2 Å². The lowest BCUT2D eigenvalue weighted by Crippen LogP contribution is -2.44. The average Bonchev–Trinajstić information content (AvgIpc) is 2.92. The van der Waals surface area contributed by atoms with Crippen LogP contribution in [-0.2, 0) is 14.6 Å². The molecule has 1 aliphatic carbocycles. The van der Waals surface area contributed by atoms with Crippen LogP contribution in [0.4, 0.5) is 0 Å². The molecule has 0 aromatic carbocycles. The Morgan fingerprint density at radius 2 is 1.64 bits per heavy atom. The van der Waals surface area contributed by atoms with Crippen LogP contribution in [0.15, 0.2) is 17.4 Å². The zero-order chi connectivity index (χ0) is 19.7. The highest BCUT2D eigenvalue weighted by molar-refractivity contribution is 7.90. The first-order valence-electron chi connectivity index (χ1n) is 9.94. The molecule has 0 N–H and O–H groups in total. The van der Waals surface area contributed by atoms with Crippen LogP contribution >= 0.6 is 0 Å². The third-order valence-electron chi connectivity index (χ3n) is 6.08. The lowest BCUT2D eigenvalue weighted by molar-refractivity contribution is -0.0735. The summed E-state index contributed by atoms with van der Waals surface area (Å²) in [6, 6.07) is 0.726. The van der Waals surface area contributed by atoms with Gasteiger partial charge in [-0.3, -0.25) is 0 Å². The number of hydrogen-bond donors (Lipinski definition) is 0. The van der Waals surface area contributed by atoms with Gasteiger partial charge in [-0.05, 0) is 51.4 Å². The number of ether oxygens (including phenoxy) is 2. The summed E-state index contributed by atoms with van der Waals surface area (Å²) in [7, 11) is -3.35. The van der Waals surface area contributed by atoms with Crippen LogP contribution in [0, 0.1) is 11.5 Å². The number of hydrogen-bond acceptors (Lipinski definition) is 8. The number of aromatic nitrogens is 2. The fraction of sp³-hybridized carbons (Fsp3) is 0.737. The van der Waals surface area contributed by atoms with Crippen molar-refractivity contribution in [3.05, 3.63) is 12.4 Å². The number of fused-ring (bicyclic) bond motifs is 2. The summed E-state index contributed by atoms with van der Waals surface area (Å²) in [4.78, 5) is 9.95. The highest BCUT2D eigenvalue weighted by atomic mass is 32.2. The molecule has 9 heteroatoms. The van der Waals surface area contributed by atoms with Gasteiger partial charge in [0.1, 0.15) is 6.10 Å². The Bertz CT molecular complexity index is 816. The van der Waals surface area contributed by atoms with E-state index in [1.807, 2.05) is 4.90 Å². The predicted molar refractivity (Wildman–Crippen MR) is 100 cm³/mol. The third-order valence-corrected chi connectivity index (χ3v) is 7.05. The fourth-order valence-corrected chi connectivity index (χ4v) is 5.18. The second-order valence-corrected chi connectivity index (χ2v) is 10.1. The van der Waals surface area contributed by atoms with Gasteiger partial charge in [-0.2, -0.15) is 5.26 Å². The summed E-state index contributed by atoms with van der Waals surface area (Å²) < 4.78 is 35.1. The molecular weight excluding hydrogens is 380 g/mol. The van der Waals surface area contributed by atoms with Crippen LogP contribution in [-0.4, -0.2) is 59.9 Å². The molecule has 1 aromatic heterocycles. The molecule has 3 atom stereocenters. The van der Waals surface area contributed by atoms with E-state index < -0.39 is 9.84 Å². The van der Waals surface area contributed by atoms with Gasteiger partial charge in [0.2, 0.25) is 5.88 Å². The van der Waals surface area contributed by atoms with E-state index in [0.717, 1.165) is 57.6 Å². The second kappa shape index (κ2) is 7.84. The van der Waals surface area contributed by atoms with Gasteiger partial charge in [-0.15, -0.1) is 0 Å². The van der Waals surface area contributed by atoms with Crippen molar-refractivity contribution in [3.8, 4) is 12.1 Å². The zero-order valence-corrected chi connectivity index (χ0v) is 16.8. The molecule has 1 saturated carbocycles. The smallest absolute Gasteiger partial charge is 0.232 e. The molecule has 2 aliphatic heterocycles. The van der Waals surface area contributed by atoms with Crippen LogP contribution in [0.25, 0.3) is 0 Å². The Kier molecular flexibility index (Phi) is 5.43. The highest BCUT2D eigenvalue weighted by Crippen LogP contribution is 2.37. The van der Waals surface area contributed by atoms with Crippen molar-refractivity contribution in [1.82, 2.24) is 14.9 Å². The first-order chi connectivity index (χ1) is 13.4. The molecule has 0 amide bonds. The quantitative estimate of drug-likeness (QED) is 0.684. The van der Waals surface area contributed by atoms with Gasteiger partial charge in [-0.25, -0.2) is 18.4 Å². The Balaban J connectivity index is 1.24. The van der Waals surface area contributed by atoms with Crippen LogP contribution < -0.4 is 4.74 Å². The monoisotopic (exact) mass is 406 g/mol. The maximum atomic E-state index is 11.4. The topological polar surface area (TPSA) is 105 Å². The van der Waals surface area contributed by atoms with Crippen molar-refractivity contribution in [3.63, 3.8) is 0 Å². The van der Waals surface area contributed by atoms with Crippen molar-refractivity contribution < 1.29 is 17.9 Å².